The normalized spacial score (nSPS) is 12.2. The monoisotopic (exact) mass is 436 g/mol. The molecule has 0 saturated carbocycles. The molecule has 0 aromatic heterocycles. The van der Waals surface area contributed by atoms with Gasteiger partial charge in [0.2, 0.25) is 5.91 Å². The van der Waals surface area contributed by atoms with Gasteiger partial charge in [0.05, 0.1) is 10.6 Å². The summed E-state index contributed by atoms with van der Waals surface area (Å²) in [6, 6.07) is 23.5. The minimum atomic E-state index is -3.90. The molecule has 1 amide bonds. The van der Waals surface area contributed by atoms with E-state index in [2.05, 4.69) is 5.32 Å². The Hall–Kier alpha value is -3.12. The second-order valence-electron chi connectivity index (χ2n) is 7.71. The van der Waals surface area contributed by atoms with Gasteiger partial charge in [-0.05, 0) is 60.7 Å². The number of nitrogens with one attached hydrogen (secondary N) is 1. The van der Waals surface area contributed by atoms with E-state index < -0.39 is 10.0 Å². The van der Waals surface area contributed by atoms with E-state index in [0.717, 1.165) is 16.7 Å². The molecule has 0 aliphatic rings. The maximum absolute atomic E-state index is 13.4. The summed E-state index contributed by atoms with van der Waals surface area (Å²) in [7, 11) is -3.90. The summed E-state index contributed by atoms with van der Waals surface area (Å²) >= 11 is 0. The highest BCUT2D eigenvalue weighted by Gasteiger charge is 2.27. The third-order valence-corrected chi connectivity index (χ3v) is 7.16. The number of nitrogens with zero attached hydrogens (tertiary/aromatic N) is 1. The number of aryl methyl sites for hydroxylation is 2. The van der Waals surface area contributed by atoms with Crippen molar-refractivity contribution in [3.63, 3.8) is 0 Å². The van der Waals surface area contributed by atoms with Crippen LogP contribution in [0.15, 0.2) is 83.8 Å². The lowest BCUT2D eigenvalue weighted by atomic mass is 10.0. The van der Waals surface area contributed by atoms with Crippen LogP contribution in [0.2, 0.25) is 0 Å². The van der Waals surface area contributed by atoms with Crippen LogP contribution in [0.25, 0.3) is 0 Å². The van der Waals surface area contributed by atoms with E-state index in [1.165, 1.54) is 4.31 Å². The first kappa shape index (κ1) is 22.6. The summed E-state index contributed by atoms with van der Waals surface area (Å²) in [4.78, 5) is 12.9. The maximum Gasteiger partial charge on any atom is 0.264 e. The molecule has 0 heterocycles. The lowest BCUT2D eigenvalue weighted by Crippen LogP contribution is -2.41. The Balaban J connectivity index is 1.83. The molecule has 0 spiro atoms. The van der Waals surface area contributed by atoms with Gasteiger partial charge in [-0.3, -0.25) is 9.10 Å². The van der Waals surface area contributed by atoms with Crippen LogP contribution in [-0.4, -0.2) is 27.4 Å². The summed E-state index contributed by atoms with van der Waals surface area (Å²) in [6.07, 6.45) is 0. The van der Waals surface area contributed by atoms with Crippen LogP contribution < -0.4 is 9.62 Å². The van der Waals surface area contributed by atoms with Crippen LogP contribution in [0, 0.1) is 13.8 Å². The molecule has 5 nitrogen and oxygen atoms in total. The lowest BCUT2D eigenvalue weighted by Gasteiger charge is -2.25. The fraction of sp³-hybridized carbons (Fsp3) is 0.240. The first-order valence-corrected chi connectivity index (χ1v) is 11.7. The van der Waals surface area contributed by atoms with Gasteiger partial charge < -0.3 is 5.32 Å². The first-order chi connectivity index (χ1) is 14.8. The Kier molecular flexibility index (Phi) is 7.13. The van der Waals surface area contributed by atoms with Gasteiger partial charge in [-0.2, -0.15) is 0 Å². The zero-order valence-electron chi connectivity index (χ0n) is 18.1. The average Bonchev–Trinajstić information content (AvgIpc) is 2.79. The number of carbonyl (C=O) groups is 1. The largest absolute Gasteiger partial charge is 0.354 e. The van der Waals surface area contributed by atoms with E-state index in [1.807, 2.05) is 57.2 Å². The van der Waals surface area contributed by atoms with Gasteiger partial charge in [-0.25, -0.2) is 8.42 Å². The van der Waals surface area contributed by atoms with Gasteiger partial charge in [-0.15, -0.1) is 0 Å². The molecule has 162 valence electrons. The lowest BCUT2D eigenvalue weighted by molar-refractivity contribution is -0.119. The molecule has 1 N–H and O–H groups in total. The van der Waals surface area contributed by atoms with Crippen LogP contribution >= 0.6 is 0 Å². The molecular weight excluding hydrogens is 408 g/mol. The first-order valence-electron chi connectivity index (χ1n) is 10.3. The quantitative estimate of drug-likeness (QED) is 0.568. The Morgan fingerprint density at radius 2 is 1.52 bits per heavy atom. The average molecular weight is 437 g/mol. The van der Waals surface area contributed by atoms with Crippen LogP contribution in [0.1, 0.15) is 29.5 Å². The van der Waals surface area contributed by atoms with Crippen molar-refractivity contribution in [1.29, 1.82) is 0 Å². The van der Waals surface area contributed by atoms with E-state index in [9.17, 15) is 13.2 Å². The van der Waals surface area contributed by atoms with E-state index in [1.54, 1.807) is 42.5 Å². The Bertz CT molecular complexity index is 1130. The fourth-order valence-corrected chi connectivity index (χ4v) is 4.70. The highest BCUT2D eigenvalue weighted by molar-refractivity contribution is 7.92. The molecule has 3 aromatic rings. The summed E-state index contributed by atoms with van der Waals surface area (Å²) in [5.41, 5.74) is 3.61. The number of benzene rings is 3. The molecule has 0 aliphatic heterocycles. The Labute approximate surface area is 184 Å². The molecule has 0 bridgehead atoms. The van der Waals surface area contributed by atoms with Crippen molar-refractivity contribution in [3.05, 3.63) is 95.6 Å². The predicted octanol–water partition coefficient (Wildman–Crippen LogP) is 4.42. The predicted molar refractivity (Wildman–Crippen MR) is 125 cm³/mol. The number of carbonyl (C=O) groups excluding carboxylic acids is 1. The molecular formula is C25H28N2O3S. The number of amides is 1. The third kappa shape index (κ3) is 5.52. The van der Waals surface area contributed by atoms with Gasteiger partial charge in [0.1, 0.15) is 6.54 Å². The van der Waals surface area contributed by atoms with Gasteiger partial charge in [0, 0.05) is 6.54 Å². The van der Waals surface area contributed by atoms with E-state index in [4.69, 9.17) is 0 Å². The van der Waals surface area contributed by atoms with Crippen molar-refractivity contribution in [2.75, 3.05) is 17.4 Å². The highest BCUT2D eigenvalue weighted by Crippen LogP contribution is 2.25. The maximum atomic E-state index is 13.4. The Morgan fingerprint density at radius 1 is 0.903 bits per heavy atom. The molecule has 0 aliphatic carbocycles. The topological polar surface area (TPSA) is 66.5 Å². The standard InChI is InChI=1S/C25H28N2O3S/c1-19-14-15-23(16-20(19)2)27(31(29,30)24-12-8-5-9-13-24)18-25(28)26-17-21(3)22-10-6-4-7-11-22/h4-16,21H,17-18H2,1-3H3,(H,26,28). The number of hydrogen-bond donors (Lipinski definition) is 1. The van der Waals surface area contributed by atoms with E-state index in [-0.39, 0.29) is 23.3 Å². The smallest absolute Gasteiger partial charge is 0.264 e. The SMILES string of the molecule is Cc1ccc(N(CC(=O)NCC(C)c2ccccc2)S(=O)(=O)c2ccccc2)cc1C. The van der Waals surface area contributed by atoms with Gasteiger partial charge in [0.25, 0.3) is 10.0 Å². The van der Waals surface area contributed by atoms with E-state index in [0.29, 0.717) is 12.2 Å². The van der Waals surface area contributed by atoms with Crippen molar-refractivity contribution in [2.45, 2.75) is 31.6 Å². The minimum Gasteiger partial charge on any atom is -0.354 e. The zero-order chi connectivity index (χ0) is 22.4. The van der Waals surface area contributed by atoms with Gasteiger partial charge >= 0.3 is 0 Å². The second kappa shape index (κ2) is 9.79. The molecule has 3 rings (SSSR count). The molecule has 6 heteroatoms. The third-order valence-electron chi connectivity index (χ3n) is 5.37. The number of rotatable bonds is 8. The number of sulfonamides is 1. The van der Waals surface area contributed by atoms with Crippen molar-refractivity contribution in [3.8, 4) is 0 Å². The van der Waals surface area contributed by atoms with Crippen molar-refractivity contribution < 1.29 is 13.2 Å². The second-order valence-corrected chi connectivity index (χ2v) is 9.57. The molecule has 0 radical (unpaired) electrons. The van der Waals surface area contributed by atoms with E-state index >= 15 is 0 Å². The number of hydrogen-bond acceptors (Lipinski definition) is 3. The molecule has 1 unspecified atom stereocenters. The van der Waals surface area contributed by atoms with Gasteiger partial charge in [0.15, 0.2) is 0 Å². The minimum absolute atomic E-state index is 0.117. The molecule has 0 saturated heterocycles. The zero-order valence-corrected chi connectivity index (χ0v) is 18.9. The van der Waals surface area contributed by atoms with Crippen LogP contribution in [0.4, 0.5) is 5.69 Å². The van der Waals surface area contributed by atoms with Crippen LogP contribution in [0.3, 0.4) is 0 Å². The molecule has 3 aromatic carbocycles. The molecule has 31 heavy (non-hydrogen) atoms. The molecule has 0 fully saturated rings. The van der Waals surface area contributed by atoms with Crippen molar-refractivity contribution in [2.24, 2.45) is 0 Å². The summed E-state index contributed by atoms with van der Waals surface area (Å²) in [5.74, 6) is -0.230. The van der Waals surface area contributed by atoms with Crippen LogP contribution in [0.5, 0.6) is 0 Å². The fourth-order valence-electron chi connectivity index (χ4n) is 3.27. The van der Waals surface area contributed by atoms with Gasteiger partial charge in [-0.1, -0.05) is 61.5 Å². The van der Waals surface area contributed by atoms with Crippen molar-refractivity contribution >= 4 is 21.6 Å². The summed E-state index contributed by atoms with van der Waals surface area (Å²) in [6.45, 7) is 6.05. The Morgan fingerprint density at radius 3 is 2.13 bits per heavy atom. The molecule has 1 atom stereocenters. The highest BCUT2D eigenvalue weighted by atomic mass is 32.2. The summed E-state index contributed by atoms with van der Waals surface area (Å²) < 4.78 is 27.9. The summed E-state index contributed by atoms with van der Waals surface area (Å²) in [5, 5.41) is 2.89. The van der Waals surface area contributed by atoms with Crippen LogP contribution in [-0.2, 0) is 14.8 Å². The number of anilines is 1. The van der Waals surface area contributed by atoms with Crippen molar-refractivity contribution in [1.82, 2.24) is 5.32 Å².